The van der Waals surface area contributed by atoms with E-state index >= 15 is 0 Å². The number of nitrogens with zero attached hydrogens (tertiary/aromatic N) is 1. The highest BCUT2D eigenvalue weighted by atomic mass is 35.5. The van der Waals surface area contributed by atoms with E-state index in [1.165, 1.54) is 5.56 Å². The average molecular weight is 424 g/mol. The summed E-state index contributed by atoms with van der Waals surface area (Å²) in [7, 11) is 0. The highest BCUT2D eigenvalue weighted by Gasteiger charge is 2.17. The zero-order chi connectivity index (χ0) is 20.5. The normalized spacial score (nSPS) is 12.4. The molecule has 2 aromatic carbocycles. The fourth-order valence-electron chi connectivity index (χ4n) is 3.43. The largest absolute Gasteiger partial charge is 0.309 e. The van der Waals surface area contributed by atoms with Gasteiger partial charge in [-0.15, -0.1) is 11.3 Å². The van der Waals surface area contributed by atoms with Crippen molar-refractivity contribution in [1.29, 1.82) is 0 Å². The Labute approximate surface area is 178 Å². The predicted molar refractivity (Wildman–Crippen MR) is 122 cm³/mol. The monoisotopic (exact) mass is 423 g/mol. The molecule has 0 unspecified atom stereocenters. The van der Waals surface area contributed by atoms with Gasteiger partial charge in [-0.05, 0) is 44.0 Å². The summed E-state index contributed by atoms with van der Waals surface area (Å²) in [6.07, 6.45) is 0. The highest BCUT2D eigenvalue weighted by molar-refractivity contribution is 7.19. The van der Waals surface area contributed by atoms with Crippen molar-refractivity contribution in [3.05, 3.63) is 85.7 Å². The zero-order valence-electron chi connectivity index (χ0n) is 16.5. The second-order valence-electron chi connectivity index (χ2n) is 7.25. The number of nitrogens with one attached hydrogen (secondary N) is 2. The first kappa shape index (κ1) is 19.8. The van der Waals surface area contributed by atoms with Gasteiger partial charge in [0, 0.05) is 21.5 Å². The zero-order valence-corrected chi connectivity index (χ0v) is 18.1. The van der Waals surface area contributed by atoms with Crippen molar-refractivity contribution in [3.63, 3.8) is 0 Å². The lowest BCUT2D eigenvalue weighted by Gasteiger charge is -2.14. The summed E-state index contributed by atoms with van der Waals surface area (Å²) >= 11 is 7.52. The van der Waals surface area contributed by atoms with Crippen LogP contribution in [0.5, 0.6) is 0 Å². The molecule has 2 N–H and O–H groups in total. The molecule has 0 aliphatic rings. The maximum Gasteiger partial charge on any atom is 0.260 e. The maximum absolute atomic E-state index is 12.9. The van der Waals surface area contributed by atoms with Crippen molar-refractivity contribution >= 4 is 33.2 Å². The van der Waals surface area contributed by atoms with Crippen LogP contribution in [-0.4, -0.2) is 9.97 Å². The number of H-pyrrole nitrogens is 1. The van der Waals surface area contributed by atoms with E-state index in [0.717, 1.165) is 31.4 Å². The summed E-state index contributed by atoms with van der Waals surface area (Å²) in [6.45, 7) is 6.65. The summed E-state index contributed by atoms with van der Waals surface area (Å²) in [4.78, 5) is 22.4. The van der Waals surface area contributed by atoms with Crippen molar-refractivity contribution in [2.45, 2.75) is 33.4 Å². The number of aromatic nitrogens is 2. The Morgan fingerprint density at radius 3 is 2.48 bits per heavy atom. The number of rotatable bonds is 5. The fourth-order valence-corrected chi connectivity index (χ4v) is 4.62. The lowest BCUT2D eigenvalue weighted by molar-refractivity contribution is 0.559. The molecule has 29 heavy (non-hydrogen) atoms. The van der Waals surface area contributed by atoms with E-state index < -0.39 is 0 Å². The van der Waals surface area contributed by atoms with E-state index in [0.29, 0.717) is 17.8 Å². The third-order valence-electron chi connectivity index (χ3n) is 5.07. The molecular weight excluding hydrogens is 402 g/mol. The molecule has 0 spiro atoms. The van der Waals surface area contributed by atoms with Crippen LogP contribution < -0.4 is 10.9 Å². The van der Waals surface area contributed by atoms with E-state index in [4.69, 9.17) is 16.6 Å². The molecule has 0 fully saturated rings. The molecule has 2 aromatic heterocycles. The highest BCUT2D eigenvalue weighted by Crippen LogP contribution is 2.35. The van der Waals surface area contributed by atoms with Gasteiger partial charge in [-0.3, -0.25) is 4.79 Å². The van der Waals surface area contributed by atoms with Crippen LogP contribution in [0.4, 0.5) is 0 Å². The molecule has 0 saturated heterocycles. The number of halogens is 1. The van der Waals surface area contributed by atoms with Crippen molar-refractivity contribution in [2.24, 2.45) is 0 Å². The molecule has 0 bridgehead atoms. The van der Waals surface area contributed by atoms with Crippen LogP contribution in [0.3, 0.4) is 0 Å². The number of thiophene rings is 1. The molecule has 0 aliphatic heterocycles. The first-order chi connectivity index (χ1) is 13.9. The van der Waals surface area contributed by atoms with Gasteiger partial charge in [0.05, 0.1) is 11.9 Å². The molecule has 6 heteroatoms. The van der Waals surface area contributed by atoms with Gasteiger partial charge < -0.3 is 10.3 Å². The standard InChI is InChI=1S/C23H22ClN3OS/c1-13-4-6-17(7-5-13)20-15(3)29-23-21(20)22(28)26-19(27-23)12-25-14(2)16-8-10-18(24)11-9-16/h4-11,14,25H,12H2,1-3H3,(H,26,27,28)/t14-/m1/s1. The lowest BCUT2D eigenvalue weighted by Crippen LogP contribution is -2.22. The molecule has 4 rings (SSSR count). The smallest absolute Gasteiger partial charge is 0.260 e. The number of hydrogen-bond acceptors (Lipinski definition) is 4. The van der Waals surface area contributed by atoms with Crippen molar-refractivity contribution in [3.8, 4) is 11.1 Å². The van der Waals surface area contributed by atoms with Gasteiger partial charge in [0.25, 0.3) is 5.56 Å². The van der Waals surface area contributed by atoms with Crippen LogP contribution in [0.2, 0.25) is 5.02 Å². The van der Waals surface area contributed by atoms with Crippen molar-refractivity contribution in [2.75, 3.05) is 0 Å². The topological polar surface area (TPSA) is 57.8 Å². The summed E-state index contributed by atoms with van der Waals surface area (Å²) in [5.41, 5.74) is 4.26. The molecule has 1 atom stereocenters. The Hall–Kier alpha value is -2.47. The molecule has 4 nitrogen and oxygen atoms in total. The summed E-state index contributed by atoms with van der Waals surface area (Å²) in [5.74, 6) is 0.639. The Bertz CT molecular complexity index is 1210. The third kappa shape index (κ3) is 4.13. The first-order valence-corrected chi connectivity index (χ1v) is 10.7. The summed E-state index contributed by atoms with van der Waals surface area (Å²) in [5, 5.41) is 4.80. The van der Waals surface area contributed by atoms with E-state index in [1.54, 1.807) is 11.3 Å². The lowest BCUT2D eigenvalue weighted by atomic mass is 10.0. The minimum absolute atomic E-state index is 0.0918. The quantitative estimate of drug-likeness (QED) is 0.428. The van der Waals surface area contributed by atoms with Crippen LogP contribution in [0.15, 0.2) is 53.3 Å². The van der Waals surface area contributed by atoms with Gasteiger partial charge in [-0.2, -0.15) is 0 Å². The second kappa shape index (κ2) is 8.11. The van der Waals surface area contributed by atoms with Gasteiger partial charge in [-0.25, -0.2) is 4.98 Å². The van der Waals surface area contributed by atoms with E-state index in [1.807, 2.05) is 31.2 Å². The molecule has 0 amide bonds. The van der Waals surface area contributed by atoms with Gasteiger partial charge in [0.1, 0.15) is 10.7 Å². The van der Waals surface area contributed by atoms with Gasteiger partial charge in [0.2, 0.25) is 0 Å². The van der Waals surface area contributed by atoms with Gasteiger partial charge in [0.15, 0.2) is 0 Å². The number of aryl methyl sites for hydroxylation is 2. The average Bonchev–Trinajstić information content (AvgIpc) is 3.03. The predicted octanol–water partition coefficient (Wildman–Crippen LogP) is 5.77. The SMILES string of the molecule is Cc1ccc(-c2c(C)sc3nc(CN[C@H](C)c4ccc(Cl)cc4)[nH]c(=O)c23)cc1. The van der Waals surface area contributed by atoms with Crippen LogP contribution >= 0.6 is 22.9 Å². The summed E-state index contributed by atoms with van der Waals surface area (Å²) in [6, 6.07) is 16.1. The number of benzene rings is 2. The van der Waals surface area contributed by atoms with Crippen LogP contribution in [0, 0.1) is 13.8 Å². The number of fused-ring (bicyclic) bond motifs is 1. The Balaban J connectivity index is 1.62. The third-order valence-corrected chi connectivity index (χ3v) is 6.32. The maximum atomic E-state index is 12.9. The van der Waals surface area contributed by atoms with E-state index in [9.17, 15) is 4.79 Å². The van der Waals surface area contributed by atoms with Crippen LogP contribution in [0.1, 0.15) is 34.8 Å². The first-order valence-electron chi connectivity index (χ1n) is 9.50. The molecule has 0 saturated carbocycles. The van der Waals surface area contributed by atoms with Crippen LogP contribution in [-0.2, 0) is 6.54 Å². The van der Waals surface area contributed by atoms with Gasteiger partial charge in [-0.1, -0.05) is 53.6 Å². The molecular formula is C23H22ClN3OS. The van der Waals surface area contributed by atoms with Crippen LogP contribution in [0.25, 0.3) is 21.3 Å². The fraction of sp³-hybridized carbons (Fsp3) is 0.217. The van der Waals surface area contributed by atoms with E-state index in [-0.39, 0.29) is 11.6 Å². The molecule has 2 heterocycles. The molecule has 0 aliphatic carbocycles. The number of hydrogen-bond donors (Lipinski definition) is 2. The summed E-state index contributed by atoms with van der Waals surface area (Å²) < 4.78 is 0. The minimum atomic E-state index is -0.0918. The molecule has 0 radical (unpaired) electrons. The van der Waals surface area contributed by atoms with Crippen molar-refractivity contribution < 1.29 is 0 Å². The Morgan fingerprint density at radius 1 is 1.10 bits per heavy atom. The Morgan fingerprint density at radius 2 is 1.79 bits per heavy atom. The van der Waals surface area contributed by atoms with Gasteiger partial charge >= 0.3 is 0 Å². The number of aromatic amines is 1. The van der Waals surface area contributed by atoms with E-state index in [2.05, 4.69) is 48.4 Å². The van der Waals surface area contributed by atoms with Crippen molar-refractivity contribution in [1.82, 2.24) is 15.3 Å². The molecule has 4 aromatic rings. The molecule has 148 valence electrons. The second-order valence-corrected chi connectivity index (χ2v) is 8.89. The minimum Gasteiger partial charge on any atom is -0.309 e. The Kier molecular flexibility index (Phi) is 5.54.